The summed E-state index contributed by atoms with van der Waals surface area (Å²) in [6, 6.07) is 2.52. The van der Waals surface area contributed by atoms with Crippen LogP contribution in [-0.2, 0) is 14.4 Å². The van der Waals surface area contributed by atoms with Gasteiger partial charge in [-0.3, -0.25) is 14.5 Å². The van der Waals surface area contributed by atoms with Gasteiger partial charge in [0, 0.05) is 34.5 Å². The molecule has 4 N–H and O–H groups in total. The highest BCUT2D eigenvalue weighted by atomic mass is 32.2. The molecule has 0 spiro atoms. The summed E-state index contributed by atoms with van der Waals surface area (Å²) in [7, 11) is 0. The molecule has 1 fully saturated rings. The number of carbonyl (C=O) groups is 4. The fourth-order valence-electron chi connectivity index (χ4n) is 3.81. The Kier molecular flexibility index (Phi) is 8.79. The highest BCUT2D eigenvalue weighted by Crippen LogP contribution is 2.41. The number of alkyl halides is 3. The first-order valence-corrected chi connectivity index (χ1v) is 14.3. The van der Waals surface area contributed by atoms with Gasteiger partial charge in [0.05, 0.1) is 0 Å². The average molecular weight is 619 g/mol. The molecule has 18 heteroatoms. The second-order valence-corrected chi connectivity index (χ2v) is 11.6. The van der Waals surface area contributed by atoms with Gasteiger partial charge in [-0.15, -0.1) is 23.1 Å². The molecule has 4 amide bonds. The zero-order chi connectivity index (χ0) is 29.2. The Morgan fingerprint density at radius 1 is 1.32 bits per heavy atom. The molecule has 4 heterocycles. The number of carboxylic acids is 1. The van der Waals surface area contributed by atoms with Gasteiger partial charge >= 0.3 is 18.2 Å². The van der Waals surface area contributed by atoms with Crippen LogP contribution in [0.15, 0.2) is 45.9 Å². The summed E-state index contributed by atoms with van der Waals surface area (Å²) >= 11 is 3.42. The van der Waals surface area contributed by atoms with Crippen LogP contribution in [-0.4, -0.2) is 74.6 Å². The lowest BCUT2D eigenvalue weighted by Gasteiger charge is -2.49. The van der Waals surface area contributed by atoms with Crippen molar-refractivity contribution >= 4 is 58.7 Å². The Morgan fingerprint density at radius 3 is 2.70 bits per heavy atom. The minimum absolute atomic E-state index is 0.148. The Labute approximate surface area is 236 Å². The number of nitrogens with one attached hydrogen (secondary N) is 3. The fourth-order valence-corrected chi connectivity index (χ4v) is 6.92. The Hall–Kier alpha value is -3.51. The molecule has 2 aliphatic rings. The van der Waals surface area contributed by atoms with E-state index in [1.165, 1.54) is 17.8 Å². The van der Waals surface area contributed by atoms with E-state index < -0.39 is 54.0 Å². The first-order chi connectivity index (χ1) is 18.9. The van der Waals surface area contributed by atoms with Crippen LogP contribution in [0.4, 0.5) is 18.0 Å². The number of hydrogen-bond acceptors (Lipinski definition) is 9. The van der Waals surface area contributed by atoms with E-state index in [2.05, 4.69) is 15.7 Å². The molecule has 1 saturated heterocycles. The predicted octanol–water partition coefficient (Wildman–Crippen LogP) is 1.52. The minimum Gasteiger partial charge on any atom is -0.594 e. The van der Waals surface area contributed by atoms with Crippen molar-refractivity contribution in [3.05, 3.63) is 56.7 Å². The molecule has 214 valence electrons. The quantitative estimate of drug-likeness (QED) is 0.141. The summed E-state index contributed by atoms with van der Waals surface area (Å²) in [5, 5.41) is 33.0. The number of nitrogens with zero attached hydrogens (tertiary/aromatic N) is 3. The summed E-state index contributed by atoms with van der Waals surface area (Å²) < 4.78 is 37.4. The highest BCUT2D eigenvalue weighted by Gasteiger charge is 2.54. The number of aromatic nitrogens is 2. The maximum Gasteiger partial charge on any atom is 0.405 e. The van der Waals surface area contributed by atoms with Crippen molar-refractivity contribution in [1.29, 1.82) is 0 Å². The number of fused-ring (bicyclic) bond motifs is 1. The molecular formula is C22H21F3N6O6S3. The van der Waals surface area contributed by atoms with Crippen LogP contribution in [0.2, 0.25) is 0 Å². The Bertz CT molecular complexity index is 1360. The van der Waals surface area contributed by atoms with E-state index in [-0.39, 0.29) is 17.2 Å². The van der Waals surface area contributed by atoms with E-state index in [4.69, 9.17) is 0 Å². The van der Waals surface area contributed by atoms with Crippen molar-refractivity contribution in [1.82, 2.24) is 25.9 Å². The van der Waals surface area contributed by atoms with E-state index in [0.29, 0.717) is 26.0 Å². The van der Waals surface area contributed by atoms with Crippen molar-refractivity contribution in [2.75, 3.05) is 18.1 Å². The summed E-state index contributed by atoms with van der Waals surface area (Å²) in [5.74, 6) is -2.51. The molecule has 40 heavy (non-hydrogen) atoms. The molecule has 3 atom stereocenters. The number of rotatable bonds is 9. The number of carbonyl (C=O) groups excluding carboxylic acids is 3. The third kappa shape index (κ3) is 6.61. The SMILES string of the molecule is Cc1ccc(SCC2=C(C(=O)O)N3C(=O)[C@H](NC(=O)C(NC(=O)NCC(F)(F)F)c4cccs4)C3SC2)n[n+]1[O-]. The normalized spacial score (nSPS) is 19.4. The van der Waals surface area contributed by atoms with Crippen LogP contribution >= 0.6 is 34.9 Å². The highest BCUT2D eigenvalue weighted by molar-refractivity contribution is 8.01. The lowest BCUT2D eigenvalue weighted by Crippen LogP contribution is -2.71. The first kappa shape index (κ1) is 29.5. The summed E-state index contributed by atoms with van der Waals surface area (Å²) in [5.41, 5.74) is 0.591. The summed E-state index contributed by atoms with van der Waals surface area (Å²) in [4.78, 5) is 52.1. The molecule has 0 radical (unpaired) electrons. The smallest absolute Gasteiger partial charge is 0.405 e. The van der Waals surface area contributed by atoms with Crippen LogP contribution in [0, 0.1) is 12.1 Å². The number of aryl methyl sites for hydroxylation is 1. The molecule has 0 bridgehead atoms. The van der Waals surface area contributed by atoms with E-state index >= 15 is 0 Å². The standard InChI is InChI=1S/C22H21F3N6O6S3/c1-10-4-5-13(29-31(10)37)39-7-11-8-40-19-15(18(33)30(19)16(11)20(34)35)27-17(32)14(12-3-2-6-38-12)28-21(36)26-9-22(23,24)25/h2-6,14-15,19H,7-9H2,1H3,(H,27,32)(H,34,35)(H2,26,28,36)/t14?,15-,19?/m0/s1. The number of carboxylic acid groups (broad SMARTS) is 1. The average Bonchev–Trinajstić information content (AvgIpc) is 3.43. The minimum atomic E-state index is -4.65. The first-order valence-electron chi connectivity index (χ1n) is 11.4. The lowest BCUT2D eigenvalue weighted by molar-refractivity contribution is -0.679. The summed E-state index contributed by atoms with van der Waals surface area (Å²) in [6.07, 6.45) is -4.65. The number of β-lactam (4-membered cyclic amide) rings is 1. The predicted molar refractivity (Wildman–Crippen MR) is 138 cm³/mol. The molecule has 4 rings (SSSR count). The van der Waals surface area contributed by atoms with Gasteiger partial charge in [-0.2, -0.15) is 13.2 Å². The van der Waals surface area contributed by atoms with Gasteiger partial charge in [0.2, 0.25) is 11.6 Å². The number of aliphatic carboxylic acids is 1. The number of thioether (sulfide) groups is 2. The number of hydrogen-bond donors (Lipinski definition) is 4. The van der Waals surface area contributed by atoms with Crippen molar-refractivity contribution in [3.8, 4) is 0 Å². The van der Waals surface area contributed by atoms with Crippen LogP contribution in [0.3, 0.4) is 0 Å². The number of amides is 4. The van der Waals surface area contributed by atoms with Gasteiger partial charge in [-0.1, -0.05) is 22.7 Å². The van der Waals surface area contributed by atoms with Gasteiger partial charge < -0.3 is 26.3 Å². The zero-order valence-electron chi connectivity index (χ0n) is 20.4. The van der Waals surface area contributed by atoms with E-state index in [1.807, 2.05) is 0 Å². The van der Waals surface area contributed by atoms with Crippen molar-refractivity contribution < 1.29 is 42.3 Å². The van der Waals surface area contributed by atoms with E-state index in [1.54, 1.807) is 35.8 Å². The van der Waals surface area contributed by atoms with Gasteiger partial charge in [-0.05, 0) is 23.1 Å². The van der Waals surface area contributed by atoms with Crippen LogP contribution < -0.4 is 20.8 Å². The topological polar surface area (TPSA) is 168 Å². The Morgan fingerprint density at radius 2 is 2.08 bits per heavy atom. The molecule has 2 aromatic heterocycles. The molecule has 2 unspecified atom stereocenters. The van der Waals surface area contributed by atoms with Crippen LogP contribution in [0.1, 0.15) is 16.6 Å². The monoisotopic (exact) mass is 618 g/mol. The van der Waals surface area contributed by atoms with Crippen molar-refractivity contribution in [2.45, 2.75) is 35.6 Å². The van der Waals surface area contributed by atoms with Gasteiger partial charge in [0.25, 0.3) is 5.91 Å². The third-order valence-electron chi connectivity index (χ3n) is 5.71. The fraction of sp³-hybridized carbons (Fsp3) is 0.364. The van der Waals surface area contributed by atoms with Crippen LogP contribution in [0.25, 0.3) is 0 Å². The van der Waals surface area contributed by atoms with Gasteiger partial charge in [0.15, 0.2) is 5.03 Å². The van der Waals surface area contributed by atoms with E-state index in [9.17, 15) is 42.7 Å². The molecule has 0 aliphatic carbocycles. The second kappa shape index (κ2) is 11.9. The molecule has 2 aliphatic heterocycles. The number of halogens is 3. The van der Waals surface area contributed by atoms with Gasteiger partial charge in [0.1, 0.15) is 29.7 Å². The maximum absolute atomic E-state index is 13.1. The zero-order valence-corrected chi connectivity index (χ0v) is 22.9. The van der Waals surface area contributed by atoms with Crippen LogP contribution in [0.5, 0.6) is 0 Å². The molecule has 0 saturated carbocycles. The van der Waals surface area contributed by atoms with Crippen molar-refractivity contribution in [3.63, 3.8) is 0 Å². The van der Waals surface area contributed by atoms with Crippen molar-refractivity contribution in [2.24, 2.45) is 0 Å². The molecule has 12 nitrogen and oxygen atoms in total. The number of thiophene rings is 1. The third-order valence-corrected chi connectivity index (χ3v) is 9.00. The van der Waals surface area contributed by atoms with E-state index in [0.717, 1.165) is 28.0 Å². The largest absolute Gasteiger partial charge is 0.594 e. The maximum atomic E-state index is 13.1. The number of urea groups is 1. The molecular weight excluding hydrogens is 597 g/mol. The lowest BCUT2D eigenvalue weighted by atomic mass is 10.0. The Balaban J connectivity index is 1.44. The molecule has 0 aromatic carbocycles. The summed E-state index contributed by atoms with van der Waals surface area (Å²) in [6.45, 7) is -0.0162. The molecule has 2 aromatic rings. The van der Waals surface area contributed by atoms with Gasteiger partial charge in [-0.25, -0.2) is 9.59 Å². The second-order valence-electron chi connectivity index (χ2n) is 8.52.